The van der Waals surface area contributed by atoms with E-state index >= 15 is 0 Å². The van der Waals surface area contributed by atoms with Crippen LogP contribution >= 0.6 is 23.1 Å². The Morgan fingerprint density at radius 1 is 1.35 bits per heavy atom. The van der Waals surface area contributed by atoms with E-state index in [0.717, 1.165) is 15.2 Å². The van der Waals surface area contributed by atoms with Crippen LogP contribution in [0, 0.1) is 0 Å². The van der Waals surface area contributed by atoms with Gasteiger partial charge >= 0.3 is 6.03 Å². The molecule has 1 aromatic carbocycles. The lowest BCUT2D eigenvalue weighted by Crippen LogP contribution is -2.42. The number of imide groups is 1. The normalized spacial score (nSPS) is 12.4. The molecule has 0 fully saturated rings. The molecule has 9 heteroatoms. The molecule has 3 amide bonds. The Bertz CT molecular complexity index is 872. The van der Waals surface area contributed by atoms with E-state index in [-0.39, 0.29) is 5.91 Å². The Kier molecular flexibility index (Phi) is 4.49. The molecule has 2 aromatic heterocycles. The first-order valence-corrected chi connectivity index (χ1v) is 8.77. The van der Waals surface area contributed by atoms with Crippen molar-refractivity contribution in [2.45, 2.75) is 24.3 Å². The van der Waals surface area contributed by atoms with Gasteiger partial charge in [0.25, 0.3) is 0 Å². The number of rotatable bonds is 4. The lowest BCUT2D eigenvalue weighted by atomic mass is 10.3. The van der Waals surface area contributed by atoms with Gasteiger partial charge in [-0.3, -0.25) is 14.5 Å². The number of urea groups is 1. The van der Waals surface area contributed by atoms with Crippen LogP contribution in [0.25, 0.3) is 15.2 Å². The smallest absolute Gasteiger partial charge is 0.321 e. The van der Waals surface area contributed by atoms with Crippen molar-refractivity contribution < 1.29 is 9.59 Å². The zero-order chi connectivity index (χ0) is 16.4. The monoisotopic (exact) mass is 349 g/mol. The summed E-state index contributed by atoms with van der Waals surface area (Å²) >= 11 is 2.82. The number of carbonyl (C=O) groups excluding carboxylic acids is 2. The fourth-order valence-corrected chi connectivity index (χ4v) is 3.94. The molecule has 3 aromatic rings. The fraction of sp³-hybridized carbons (Fsp3) is 0.286. The largest absolute Gasteiger partial charge is 0.338 e. The van der Waals surface area contributed by atoms with Gasteiger partial charge in [-0.1, -0.05) is 35.2 Å². The third-order valence-electron chi connectivity index (χ3n) is 3.14. The molecule has 0 aliphatic heterocycles. The van der Waals surface area contributed by atoms with Gasteiger partial charge in [0, 0.05) is 6.54 Å². The predicted molar refractivity (Wildman–Crippen MR) is 90.9 cm³/mol. The quantitative estimate of drug-likeness (QED) is 0.706. The van der Waals surface area contributed by atoms with E-state index in [1.807, 2.05) is 28.7 Å². The van der Waals surface area contributed by atoms with Gasteiger partial charge in [-0.25, -0.2) is 4.79 Å². The molecule has 0 saturated heterocycles. The van der Waals surface area contributed by atoms with Crippen LogP contribution in [0.3, 0.4) is 0 Å². The zero-order valence-electron chi connectivity index (χ0n) is 12.6. The number of hydrogen-bond donors (Lipinski definition) is 2. The Hall–Kier alpha value is -2.13. The standard InChI is InChI=1S/C14H15N5O2S2/c1-3-15-12(21)16-11(20)8(2)22-13-17-18-14-19(13)9-6-4-5-7-10(9)23-14/h4-8H,3H2,1-2H3,(H2,15,16,20,21)/t8-/m1/s1. The van der Waals surface area contributed by atoms with Crippen LogP contribution in [-0.4, -0.2) is 38.3 Å². The van der Waals surface area contributed by atoms with Crippen molar-refractivity contribution in [3.8, 4) is 0 Å². The minimum atomic E-state index is -0.489. The van der Waals surface area contributed by atoms with Gasteiger partial charge < -0.3 is 5.32 Å². The van der Waals surface area contributed by atoms with Gasteiger partial charge in [-0.2, -0.15) is 0 Å². The van der Waals surface area contributed by atoms with Crippen molar-refractivity contribution in [3.05, 3.63) is 24.3 Å². The summed E-state index contributed by atoms with van der Waals surface area (Å²) in [5, 5.41) is 13.3. The SMILES string of the molecule is CCNC(=O)NC(=O)[C@@H](C)Sc1nnc2sc3ccccc3n12. The van der Waals surface area contributed by atoms with Crippen LogP contribution in [0.15, 0.2) is 29.4 Å². The van der Waals surface area contributed by atoms with E-state index < -0.39 is 11.3 Å². The van der Waals surface area contributed by atoms with Crippen molar-refractivity contribution >= 4 is 50.2 Å². The van der Waals surface area contributed by atoms with Crippen molar-refractivity contribution in [1.29, 1.82) is 0 Å². The van der Waals surface area contributed by atoms with Crippen molar-refractivity contribution in [2.75, 3.05) is 6.54 Å². The van der Waals surface area contributed by atoms with Crippen LogP contribution in [0.5, 0.6) is 0 Å². The van der Waals surface area contributed by atoms with Gasteiger partial charge in [0.1, 0.15) is 0 Å². The Labute approximate surface area is 140 Å². The summed E-state index contributed by atoms with van der Waals surface area (Å²) in [4.78, 5) is 24.2. The number of nitrogens with one attached hydrogen (secondary N) is 2. The number of para-hydroxylation sites is 1. The third kappa shape index (κ3) is 3.15. The molecule has 0 saturated carbocycles. The molecule has 1 atom stereocenters. The topological polar surface area (TPSA) is 88.4 Å². The Morgan fingerprint density at radius 3 is 2.91 bits per heavy atom. The van der Waals surface area contributed by atoms with Gasteiger partial charge in [0.15, 0.2) is 5.16 Å². The fourth-order valence-electron chi connectivity index (χ4n) is 2.06. The van der Waals surface area contributed by atoms with Crippen molar-refractivity contribution in [3.63, 3.8) is 0 Å². The summed E-state index contributed by atoms with van der Waals surface area (Å²) in [7, 11) is 0. The number of nitrogens with zero attached hydrogens (tertiary/aromatic N) is 3. The maximum absolute atomic E-state index is 12.0. The van der Waals surface area contributed by atoms with Gasteiger partial charge in [0.05, 0.1) is 15.5 Å². The summed E-state index contributed by atoms with van der Waals surface area (Å²) in [6.07, 6.45) is 0. The molecule has 23 heavy (non-hydrogen) atoms. The number of carbonyl (C=O) groups is 2. The predicted octanol–water partition coefficient (Wildman–Crippen LogP) is 2.27. The lowest BCUT2D eigenvalue weighted by Gasteiger charge is -2.10. The molecule has 2 N–H and O–H groups in total. The minimum absolute atomic E-state index is 0.364. The summed E-state index contributed by atoms with van der Waals surface area (Å²) in [5.41, 5.74) is 1.01. The number of thioether (sulfide) groups is 1. The molecule has 0 aliphatic carbocycles. The lowest BCUT2D eigenvalue weighted by molar-refractivity contribution is -0.119. The summed E-state index contributed by atoms with van der Waals surface area (Å²) < 4.78 is 3.04. The van der Waals surface area contributed by atoms with Gasteiger partial charge in [-0.15, -0.1) is 10.2 Å². The number of benzene rings is 1. The first-order chi connectivity index (χ1) is 11.1. The van der Waals surface area contributed by atoms with E-state index in [2.05, 4.69) is 20.8 Å². The zero-order valence-corrected chi connectivity index (χ0v) is 14.2. The molecule has 0 aliphatic rings. The molecule has 0 radical (unpaired) electrons. The van der Waals surface area contributed by atoms with E-state index in [4.69, 9.17) is 0 Å². The number of amides is 3. The first kappa shape index (κ1) is 15.8. The molecule has 3 rings (SSSR count). The number of thiazole rings is 1. The molecule has 7 nitrogen and oxygen atoms in total. The molecule has 2 heterocycles. The van der Waals surface area contributed by atoms with Crippen LogP contribution in [0.2, 0.25) is 0 Å². The van der Waals surface area contributed by atoms with Crippen LogP contribution in [0.4, 0.5) is 4.79 Å². The number of hydrogen-bond acceptors (Lipinski definition) is 6. The second-order valence-corrected chi connectivity index (χ2v) is 7.10. The van der Waals surface area contributed by atoms with Crippen LogP contribution in [0.1, 0.15) is 13.8 Å². The van der Waals surface area contributed by atoms with E-state index in [1.54, 1.807) is 25.2 Å². The Balaban J connectivity index is 1.81. The average Bonchev–Trinajstić information content (AvgIpc) is 3.07. The molecule has 0 unspecified atom stereocenters. The van der Waals surface area contributed by atoms with E-state index in [0.29, 0.717) is 11.7 Å². The Morgan fingerprint density at radius 2 is 2.13 bits per heavy atom. The van der Waals surface area contributed by atoms with E-state index in [1.165, 1.54) is 11.8 Å². The highest BCUT2D eigenvalue weighted by atomic mass is 32.2. The highest BCUT2D eigenvalue weighted by molar-refractivity contribution is 8.00. The molecule has 0 spiro atoms. The molecular formula is C14H15N5O2S2. The minimum Gasteiger partial charge on any atom is -0.338 e. The average molecular weight is 349 g/mol. The highest BCUT2D eigenvalue weighted by Crippen LogP contribution is 2.30. The van der Waals surface area contributed by atoms with Crippen LogP contribution < -0.4 is 10.6 Å². The summed E-state index contributed by atoms with van der Waals surface area (Å²) in [5.74, 6) is -0.364. The van der Waals surface area contributed by atoms with Crippen molar-refractivity contribution in [1.82, 2.24) is 25.2 Å². The number of fused-ring (bicyclic) bond motifs is 3. The molecule has 120 valence electrons. The van der Waals surface area contributed by atoms with Gasteiger partial charge in [-0.05, 0) is 26.0 Å². The van der Waals surface area contributed by atoms with Crippen LogP contribution in [-0.2, 0) is 4.79 Å². The maximum atomic E-state index is 12.0. The van der Waals surface area contributed by atoms with Crippen molar-refractivity contribution in [2.24, 2.45) is 0 Å². The van der Waals surface area contributed by atoms with E-state index in [9.17, 15) is 9.59 Å². The molecular weight excluding hydrogens is 334 g/mol. The molecule has 0 bridgehead atoms. The third-order valence-corrected chi connectivity index (χ3v) is 5.19. The van der Waals surface area contributed by atoms with Gasteiger partial charge in [0.2, 0.25) is 10.9 Å². The maximum Gasteiger partial charge on any atom is 0.321 e. The summed E-state index contributed by atoms with van der Waals surface area (Å²) in [6, 6.07) is 7.45. The highest BCUT2D eigenvalue weighted by Gasteiger charge is 2.21. The second-order valence-electron chi connectivity index (χ2n) is 4.78. The number of aromatic nitrogens is 3. The summed E-state index contributed by atoms with van der Waals surface area (Å²) in [6.45, 7) is 3.98. The second kappa shape index (κ2) is 6.55. The first-order valence-electron chi connectivity index (χ1n) is 7.08.